The minimum absolute atomic E-state index is 0.0246. The second-order valence-corrected chi connectivity index (χ2v) is 5.93. The van der Waals surface area contributed by atoms with Crippen molar-refractivity contribution in [3.8, 4) is 0 Å². The zero-order valence-corrected chi connectivity index (χ0v) is 14.2. The van der Waals surface area contributed by atoms with Gasteiger partial charge in [0, 0.05) is 32.1 Å². The van der Waals surface area contributed by atoms with Crippen LogP contribution < -0.4 is 5.32 Å². The molecule has 1 aromatic carbocycles. The zero-order valence-electron chi connectivity index (χ0n) is 14.2. The Bertz CT molecular complexity index is 590. The molecule has 0 spiro atoms. The number of carbonyl (C=O) groups excluding carboxylic acids is 3. The molecule has 1 saturated heterocycles. The van der Waals surface area contributed by atoms with Crippen molar-refractivity contribution in [2.45, 2.75) is 33.2 Å². The van der Waals surface area contributed by atoms with Crippen molar-refractivity contribution >= 4 is 17.8 Å². The largest absolute Gasteiger partial charge is 0.466 e. The van der Waals surface area contributed by atoms with Crippen molar-refractivity contribution < 1.29 is 19.1 Å². The smallest absolute Gasteiger partial charge is 0.309 e. The number of nitrogens with one attached hydrogen (secondary N) is 1. The fraction of sp³-hybridized carbons (Fsp3) is 0.500. The van der Waals surface area contributed by atoms with Gasteiger partial charge in [-0.25, -0.2) is 0 Å². The molecule has 0 bridgehead atoms. The van der Waals surface area contributed by atoms with Crippen molar-refractivity contribution in [1.29, 1.82) is 0 Å². The first-order valence-electron chi connectivity index (χ1n) is 8.30. The van der Waals surface area contributed by atoms with Crippen LogP contribution in [-0.2, 0) is 20.9 Å². The molecule has 130 valence electrons. The average molecular weight is 332 g/mol. The lowest BCUT2D eigenvalue weighted by Gasteiger charge is -2.31. The van der Waals surface area contributed by atoms with E-state index in [1.165, 1.54) is 6.92 Å². The standard InChI is InChI=1S/C18H24N2O4/c1-3-24-18(23)16-8-10-20(11-9-16)17(22)15-6-4-14(5-7-15)12-19-13(2)21/h4-7,16H,3,8-12H2,1-2H3,(H,19,21). The Morgan fingerprint density at radius 1 is 1.17 bits per heavy atom. The molecule has 6 nitrogen and oxygen atoms in total. The van der Waals surface area contributed by atoms with Crippen molar-refractivity contribution in [1.82, 2.24) is 10.2 Å². The summed E-state index contributed by atoms with van der Waals surface area (Å²) >= 11 is 0. The summed E-state index contributed by atoms with van der Waals surface area (Å²) in [7, 11) is 0. The Balaban J connectivity index is 1.88. The van der Waals surface area contributed by atoms with Crippen LogP contribution in [0.4, 0.5) is 0 Å². The number of likely N-dealkylation sites (tertiary alicyclic amines) is 1. The van der Waals surface area contributed by atoms with Crippen molar-refractivity contribution in [2.75, 3.05) is 19.7 Å². The number of piperidine rings is 1. The number of hydrogen-bond acceptors (Lipinski definition) is 4. The molecular weight excluding hydrogens is 308 g/mol. The van der Waals surface area contributed by atoms with Crippen LogP contribution in [0.1, 0.15) is 42.6 Å². The Morgan fingerprint density at radius 2 is 1.79 bits per heavy atom. The summed E-state index contributed by atoms with van der Waals surface area (Å²) in [6, 6.07) is 7.23. The van der Waals surface area contributed by atoms with E-state index >= 15 is 0 Å². The van der Waals surface area contributed by atoms with E-state index in [0.29, 0.717) is 44.6 Å². The molecule has 0 aliphatic carbocycles. The zero-order chi connectivity index (χ0) is 17.5. The van der Waals surface area contributed by atoms with Crippen LogP contribution in [0, 0.1) is 5.92 Å². The van der Waals surface area contributed by atoms with E-state index in [2.05, 4.69) is 5.32 Å². The molecule has 1 N–H and O–H groups in total. The van der Waals surface area contributed by atoms with Gasteiger partial charge in [0.25, 0.3) is 5.91 Å². The number of benzene rings is 1. The van der Waals surface area contributed by atoms with Crippen LogP contribution in [0.5, 0.6) is 0 Å². The monoisotopic (exact) mass is 332 g/mol. The first-order chi connectivity index (χ1) is 11.5. The van der Waals surface area contributed by atoms with E-state index in [0.717, 1.165) is 5.56 Å². The molecule has 0 saturated carbocycles. The maximum absolute atomic E-state index is 12.5. The highest BCUT2D eigenvalue weighted by molar-refractivity contribution is 5.94. The first-order valence-corrected chi connectivity index (χ1v) is 8.30. The summed E-state index contributed by atoms with van der Waals surface area (Å²) in [5, 5.41) is 2.72. The predicted molar refractivity (Wildman–Crippen MR) is 89.2 cm³/mol. The van der Waals surface area contributed by atoms with E-state index in [1.807, 2.05) is 12.1 Å². The Kier molecular flexibility index (Phi) is 6.35. The Hall–Kier alpha value is -2.37. The van der Waals surface area contributed by atoms with Gasteiger partial charge in [-0.15, -0.1) is 0 Å². The Morgan fingerprint density at radius 3 is 2.33 bits per heavy atom. The third kappa shape index (κ3) is 4.81. The molecule has 0 radical (unpaired) electrons. The predicted octanol–water partition coefficient (Wildman–Crippen LogP) is 1.74. The second kappa shape index (κ2) is 8.47. The van der Waals surface area contributed by atoms with Crippen LogP contribution in [0.15, 0.2) is 24.3 Å². The van der Waals surface area contributed by atoms with E-state index in [4.69, 9.17) is 4.74 Å². The maximum atomic E-state index is 12.5. The fourth-order valence-electron chi connectivity index (χ4n) is 2.75. The molecule has 6 heteroatoms. The molecule has 1 fully saturated rings. The molecule has 1 aliphatic heterocycles. The van der Waals surface area contributed by atoms with Gasteiger partial charge in [-0.05, 0) is 37.5 Å². The van der Waals surface area contributed by atoms with E-state index in [9.17, 15) is 14.4 Å². The summed E-state index contributed by atoms with van der Waals surface area (Å²) in [5.41, 5.74) is 1.57. The van der Waals surface area contributed by atoms with Crippen molar-refractivity contribution in [3.05, 3.63) is 35.4 Å². The normalized spacial score (nSPS) is 15.0. The molecule has 1 aliphatic rings. The minimum atomic E-state index is -0.160. The van der Waals surface area contributed by atoms with E-state index in [-0.39, 0.29) is 23.7 Å². The SMILES string of the molecule is CCOC(=O)C1CCN(C(=O)c2ccc(CNC(C)=O)cc2)CC1. The molecule has 1 heterocycles. The van der Waals surface area contributed by atoms with Crippen LogP contribution in [0.3, 0.4) is 0 Å². The van der Waals surface area contributed by atoms with Gasteiger partial charge in [0.1, 0.15) is 0 Å². The van der Waals surface area contributed by atoms with Gasteiger partial charge in [-0.2, -0.15) is 0 Å². The van der Waals surface area contributed by atoms with Crippen LogP contribution in [-0.4, -0.2) is 42.4 Å². The van der Waals surface area contributed by atoms with Gasteiger partial charge in [0.2, 0.25) is 5.91 Å². The summed E-state index contributed by atoms with van der Waals surface area (Å²) in [6.07, 6.45) is 1.29. The summed E-state index contributed by atoms with van der Waals surface area (Å²) in [6.45, 7) is 5.24. The molecule has 0 unspecified atom stereocenters. The quantitative estimate of drug-likeness (QED) is 0.833. The summed E-state index contributed by atoms with van der Waals surface area (Å²) < 4.78 is 5.04. The number of esters is 1. The molecule has 2 rings (SSSR count). The number of ether oxygens (including phenoxy) is 1. The molecule has 24 heavy (non-hydrogen) atoms. The van der Waals surface area contributed by atoms with Crippen molar-refractivity contribution in [2.24, 2.45) is 5.92 Å². The van der Waals surface area contributed by atoms with Gasteiger partial charge in [-0.3, -0.25) is 14.4 Å². The fourth-order valence-corrected chi connectivity index (χ4v) is 2.75. The van der Waals surface area contributed by atoms with Gasteiger partial charge in [0.15, 0.2) is 0 Å². The topological polar surface area (TPSA) is 75.7 Å². The van der Waals surface area contributed by atoms with E-state index in [1.54, 1.807) is 24.0 Å². The molecule has 1 aromatic rings. The lowest BCUT2D eigenvalue weighted by Crippen LogP contribution is -2.40. The first kappa shape index (κ1) is 18.0. The van der Waals surface area contributed by atoms with Gasteiger partial charge >= 0.3 is 5.97 Å². The highest BCUT2D eigenvalue weighted by Crippen LogP contribution is 2.20. The number of nitrogens with zero attached hydrogens (tertiary/aromatic N) is 1. The second-order valence-electron chi connectivity index (χ2n) is 5.93. The Labute approximate surface area is 142 Å². The highest BCUT2D eigenvalue weighted by Gasteiger charge is 2.28. The summed E-state index contributed by atoms with van der Waals surface area (Å²) in [5.74, 6) is -0.371. The van der Waals surface area contributed by atoms with Crippen LogP contribution in [0.2, 0.25) is 0 Å². The third-order valence-corrected chi connectivity index (χ3v) is 4.14. The minimum Gasteiger partial charge on any atom is -0.466 e. The number of rotatable bonds is 5. The number of hydrogen-bond donors (Lipinski definition) is 1. The average Bonchev–Trinajstić information content (AvgIpc) is 2.60. The van der Waals surface area contributed by atoms with Gasteiger partial charge < -0.3 is 15.0 Å². The number of amides is 2. The molecule has 0 aromatic heterocycles. The summed E-state index contributed by atoms with van der Waals surface area (Å²) in [4.78, 5) is 36.9. The third-order valence-electron chi connectivity index (χ3n) is 4.14. The highest BCUT2D eigenvalue weighted by atomic mass is 16.5. The van der Waals surface area contributed by atoms with Crippen LogP contribution in [0.25, 0.3) is 0 Å². The molecule has 0 atom stereocenters. The van der Waals surface area contributed by atoms with Crippen molar-refractivity contribution in [3.63, 3.8) is 0 Å². The lowest BCUT2D eigenvalue weighted by molar-refractivity contribution is -0.149. The number of carbonyl (C=O) groups is 3. The van der Waals surface area contributed by atoms with Gasteiger partial charge in [-0.1, -0.05) is 12.1 Å². The molecule has 2 amide bonds. The van der Waals surface area contributed by atoms with Gasteiger partial charge in [0.05, 0.1) is 12.5 Å². The maximum Gasteiger partial charge on any atom is 0.309 e. The van der Waals surface area contributed by atoms with E-state index < -0.39 is 0 Å². The van der Waals surface area contributed by atoms with Crippen LogP contribution >= 0.6 is 0 Å². The lowest BCUT2D eigenvalue weighted by atomic mass is 9.96. The molecular formula is C18H24N2O4.